The summed E-state index contributed by atoms with van der Waals surface area (Å²) in [5.41, 5.74) is 4.43. The molecule has 6 heteroatoms. The van der Waals surface area contributed by atoms with Crippen LogP contribution in [0, 0.1) is 0 Å². The molecule has 31 heavy (non-hydrogen) atoms. The topological polar surface area (TPSA) is 73.8 Å². The summed E-state index contributed by atoms with van der Waals surface area (Å²) < 4.78 is 0. The minimum atomic E-state index is -0.326. The van der Waals surface area contributed by atoms with Crippen LogP contribution >= 0.6 is 0 Å². The molecule has 174 valence electrons. The van der Waals surface area contributed by atoms with Gasteiger partial charge in [-0.2, -0.15) is 5.10 Å². The highest BCUT2D eigenvalue weighted by Crippen LogP contribution is 2.12. The standard InChI is InChI=1S/C25H42N4O2/c1-4-5-6-7-8-9-10-11-12-13-14-15-24(30)26-21-25(31)28-27-20-22-16-18-23(19-17-22)29(2)3/h16-20H,4-15,21H2,1-3H3,(H,26,30)(H,28,31)/b27-20-. The summed E-state index contributed by atoms with van der Waals surface area (Å²) in [6.07, 6.45) is 15.9. The molecule has 0 heterocycles. The van der Waals surface area contributed by atoms with E-state index in [1.165, 1.54) is 57.8 Å². The smallest absolute Gasteiger partial charge is 0.259 e. The molecule has 0 unspecified atom stereocenters. The van der Waals surface area contributed by atoms with Crippen molar-refractivity contribution in [2.45, 2.75) is 84.0 Å². The third kappa shape index (κ3) is 14.3. The average Bonchev–Trinajstić information content (AvgIpc) is 2.76. The predicted octanol–water partition coefficient (Wildman–Crippen LogP) is 5.02. The van der Waals surface area contributed by atoms with Crippen molar-refractivity contribution in [2.24, 2.45) is 5.10 Å². The Balaban J connectivity index is 2.01. The number of amides is 2. The first-order valence-electron chi connectivity index (χ1n) is 11.9. The number of carbonyl (C=O) groups is 2. The quantitative estimate of drug-likeness (QED) is 0.207. The van der Waals surface area contributed by atoms with Crippen LogP contribution in [0.15, 0.2) is 29.4 Å². The summed E-state index contributed by atoms with van der Waals surface area (Å²) >= 11 is 0. The maximum atomic E-state index is 11.9. The van der Waals surface area contributed by atoms with Gasteiger partial charge in [-0.15, -0.1) is 0 Å². The van der Waals surface area contributed by atoms with Gasteiger partial charge >= 0.3 is 0 Å². The minimum absolute atomic E-state index is 0.0478. The number of hydrogen-bond donors (Lipinski definition) is 2. The molecule has 1 aromatic carbocycles. The molecule has 2 N–H and O–H groups in total. The van der Waals surface area contributed by atoms with E-state index in [1.54, 1.807) is 6.21 Å². The summed E-state index contributed by atoms with van der Waals surface area (Å²) in [4.78, 5) is 25.7. The van der Waals surface area contributed by atoms with E-state index in [1.807, 2.05) is 43.3 Å². The van der Waals surface area contributed by atoms with Gasteiger partial charge in [-0.3, -0.25) is 9.59 Å². The van der Waals surface area contributed by atoms with E-state index >= 15 is 0 Å². The van der Waals surface area contributed by atoms with Crippen LogP contribution in [-0.2, 0) is 9.59 Å². The van der Waals surface area contributed by atoms with Gasteiger partial charge in [-0.1, -0.05) is 83.3 Å². The van der Waals surface area contributed by atoms with E-state index in [2.05, 4.69) is 22.8 Å². The van der Waals surface area contributed by atoms with Crippen molar-refractivity contribution in [1.29, 1.82) is 0 Å². The molecule has 0 aliphatic rings. The van der Waals surface area contributed by atoms with Gasteiger partial charge in [0.15, 0.2) is 0 Å². The zero-order chi connectivity index (χ0) is 22.7. The molecule has 0 fully saturated rings. The first-order chi connectivity index (χ1) is 15.0. The number of nitrogens with zero attached hydrogens (tertiary/aromatic N) is 2. The van der Waals surface area contributed by atoms with Crippen LogP contribution in [0.2, 0.25) is 0 Å². The normalized spacial score (nSPS) is 10.9. The Kier molecular flexibility index (Phi) is 14.9. The Morgan fingerprint density at radius 2 is 1.39 bits per heavy atom. The lowest BCUT2D eigenvalue weighted by Gasteiger charge is -2.11. The lowest BCUT2D eigenvalue weighted by atomic mass is 10.1. The molecule has 2 amide bonds. The van der Waals surface area contributed by atoms with Crippen molar-refractivity contribution in [1.82, 2.24) is 10.7 Å². The summed E-state index contributed by atoms with van der Waals surface area (Å²) in [5, 5.41) is 6.59. The second-order valence-electron chi connectivity index (χ2n) is 8.34. The number of hydrazone groups is 1. The predicted molar refractivity (Wildman–Crippen MR) is 131 cm³/mol. The third-order valence-electron chi connectivity index (χ3n) is 5.27. The van der Waals surface area contributed by atoms with Crippen LogP contribution in [-0.4, -0.2) is 38.7 Å². The second kappa shape index (κ2) is 17.3. The number of carbonyl (C=O) groups excluding carboxylic acids is 2. The van der Waals surface area contributed by atoms with Gasteiger partial charge in [0, 0.05) is 26.2 Å². The largest absolute Gasteiger partial charge is 0.378 e. The van der Waals surface area contributed by atoms with E-state index < -0.39 is 0 Å². The molecule has 0 atom stereocenters. The highest BCUT2D eigenvalue weighted by molar-refractivity contribution is 5.86. The van der Waals surface area contributed by atoms with Crippen LogP contribution in [0.3, 0.4) is 0 Å². The molecule has 0 aliphatic heterocycles. The molecule has 0 saturated carbocycles. The van der Waals surface area contributed by atoms with Gasteiger partial charge in [-0.05, 0) is 24.1 Å². The Morgan fingerprint density at radius 3 is 1.94 bits per heavy atom. The SMILES string of the molecule is CCCCCCCCCCCCCC(=O)NCC(=O)N/N=C\c1ccc(N(C)C)cc1. The Morgan fingerprint density at radius 1 is 0.839 bits per heavy atom. The van der Waals surface area contributed by atoms with Gasteiger partial charge in [0.2, 0.25) is 5.91 Å². The highest BCUT2D eigenvalue weighted by atomic mass is 16.2. The lowest BCUT2D eigenvalue weighted by Crippen LogP contribution is -2.34. The van der Waals surface area contributed by atoms with Gasteiger partial charge in [0.1, 0.15) is 0 Å². The molecular weight excluding hydrogens is 388 g/mol. The van der Waals surface area contributed by atoms with Gasteiger partial charge < -0.3 is 10.2 Å². The maximum Gasteiger partial charge on any atom is 0.259 e. The van der Waals surface area contributed by atoms with Crippen LogP contribution in [0.4, 0.5) is 5.69 Å². The van der Waals surface area contributed by atoms with Crippen molar-refractivity contribution < 1.29 is 9.59 Å². The Bertz CT molecular complexity index is 641. The van der Waals surface area contributed by atoms with Crippen molar-refractivity contribution in [3.63, 3.8) is 0 Å². The number of unbranched alkanes of at least 4 members (excludes halogenated alkanes) is 10. The molecule has 1 rings (SSSR count). The molecule has 0 bridgehead atoms. The fourth-order valence-corrected chi connectivity index (χ4v) is 3.29. The van der Waals surface area contributed by atoms with Crippen molar-refractivity contribution in [3.8, 4) is 0 Å². The van der Waals surface area contributed by atoms with E-state index in [0.717, 1.165) is 24.1 Å². The number of rotatable bonds is 17. The number of hydrogen-bond acceptors (Lipinski definition) is 4. The van der Waals surface area contributed by atoms with Gasteiger partial charge in [0.25, 0.3) is 5.91 Å². The van der Waals surface area contributed by atoms with E-state index in [0.29, 0.717) is 6.42 Å². The monoisotopic (exact) mass is 430 g/mol. The Labute approximate surface area is 188 Å². The highest BCUT2D eigenvalue weighted by Gasteiger charge is 2.04. The maximum absolute atomic E-state index is 11.9. The molecule has 6 nitrogen and oxygen atoms in total. The molecule has 0 spiro atoms. The summed E-state index contributed by atoms with van der Waals surface area (Å²) in [5.74, 6) is -0.400. The third-order valence-corrected chi connectivity index (χ3v) is 5.27. The van der Waals surface area contributed by atoms with E-state index in [4.69, 9.17) is 0 Å². The summed E-state index contributed by atoms with van der Waals surface area (Å²) in [7, 11) is 3.96. The summed E-state index contributed by atoms with van der Waals surface area (Å²) in [6, 6.07) is 7.83. The molecular formula is C25H42N4O2. The second-order valence-corrected chi connectivity index (χ2v) is 8.34. The number of nitrogens with one attached hydrogen (secondary N) is 2. The molecule has 0 aromatic heterocycles. The number of benzene rings is 1. The zero-order valence-electron chi connectivity index (χ0n) is 19.8. The van der Waals surface area contributed by atoms with Gasteiger partial charge in [0.05, 0.1) is 12.8 Å². The van der Waals surface area contributed by atoms with Crippen LogP contribution < -0.4 is 15.6 Å². The number of anilines is 1. The van der Waals surface area contributed by atoms with Crippen molar-refractivity contribution >= 4 is 23.7 Å². The average molecular weight is 431 g/mol. The molecule has 1 aromatic rings. The summed E-state index contributed by atoms with van der Waals surface area (Å²) in [6.45, 7) is 2.20. The molecule has 0 aliphatic carbocycles. The van der Waals surface area contributed by atoms with Gasteiger partial charge in [-0.25, -0.2) is 5.43 Å². The minimum Gasteiger partial charge on any atom is -0.378 e. The molecule has 0 radical (unpaired) electrons. The van der Waals surface area contributed by atoms with Crippen LogP contribution in [0.1, 0.15) is 89.5 Å². The van der Waals surface area contributed by atoms with Crippen molar-refractivity contribution in [3.05, 3.63) is 29.8 Å². The zero-order valence-corrected chi connectivity index (χ0v) is 19.8. The van der Waals surface area contributed by atoms with Crippen molar-refractivity contribution in [2.75, 3.05) is 25.5 Å². The fourth-order valence-electron chi connectivity index (χ4n) is 3.29. The van der Waals surface area contributed by atoms with Crippen LogP contribution in [0.25, 0.3) is 0 Å². The Hall–Kier alpha value is -2.37. The van der Waals surface area contributed by atoms with E-state index in [-0.39, 0.29) is 18.4 Å². The van der Waals surface area contributed by atoms with Crippen LogP contribution in [0.5, 0.6) is 0 Å². The lowest BCUT2D eigenvalue weighted by molar-refractivity contribution is -0.126. The van der Waals surface area contributed by atoms with E-state index in [9.17, 15) is 9.59 Å². The first-order valence-corrected chi connectivity index (χ1v) is 11.9. The molecule has 0 saturated heterocycles. The fraction of sp³-hybridized carbons (Fsp3) is 0.640. The first kappa shape index (κ1) is 26.7.